The van der Waals surface area contributed by atoms with Crippen LogP contribution in [0.1, 0.15) is 0 Å². The number of benzene rings is 8. The summed E-state index contributed by atoms with van der Waals surface area (Å²) in [7, 11) is 0. The third kappa shape index (κ3) is 4.35. The molecule has 0 bridgehead atoms. The second-order valence-corrected chi connectivity index (χ2v) is 11.7. The summed E-state index contributed by atoms with van der Waals surface area (Å²) in [5.41, 5.74) is 9.84. The predicted molar refractivity (Wildman–Crippen MR) is 194 cm³/mol. The molecular formula is C44H29NO. The molecule has 0 aliphatic heterocycles. The maximum Gasteiger partial charge on any atom is 0.143 e. The number of fused-ring (bicyclic) bond motifs is 6. The Labute approximate surface area is 267 Å². The summed E-state index contributed by atoms with van der Waals surface area (Å²) in [6, 6.07) is 62.7. The van der Waals surface area contributed by atoms with Crippen LogP contribution in [0, 0.1) is 0 Å². The lowest BCUT2D eigenvalue weighted by molar-refractivity contribution is 0.673. The smallest absolute Gasteiger partial charge is 0.143 e. The molecule has 8 aromatic carbocycles. The summed E-state index contributed by atoms with van der Waals surface area (Å²) in [6.07, 6.45) is 0. The van der Waals surface area contributed by atoms with Gasteiger partial charge < -0.3 is 9.32 Å². The standard InChI is InChI=1S/C44H29NO/c1-3-13-30(14-4-1)32-17-11-18-34(27-32)37-23-12-24-42-43(37)40-29-41(38-21-9-10-22-39(38)44(40)46-42)45(35-19-5-2-6-20-35)36-26-25-31-15-7-8-16-33(31)28-36/h1-29H. The molecule has 216 valence electrons. The third-order valence-electron chi connectivity index (χ3n) is 9.01. The minimum Gasteiger partial charge on any atom is -0.455 e. The monoisotopic (exact) mass is 587 g/mol. The number of rotatable bonds is 5. The highest BCUT2D eigenvalue weighted by Gasteiger charge is 2.21. The van der Waals surface area contributed by atoms with Crippen molar-refractivity contribution < 1.29 is 4.42 Å². The molecular weight excluding hydrogens is 558 g/mol. The second-order valence-electron chi connectivity index (χ2n) is 11.7. The van der Waals surface area contributed by atoms with Crippen molar-refractivity contribution in [1.29, 1.82) is 0 Å². The average molecular weight is 588 g/mol. The van der Waals surface area contributed by atoms with E-state index in [2.05, 4.69) is 181 Å². The molecule has 46 heavy (non-hydrogen) atoms. The molecule has 0 N–H and O–H groups in total. The predicted octanol–water partition coefficient (Wildman–Crippen LogP) is 12.7. The summed E-state index contributed by atoms with van der Waals surface area (Å²) < 4.78 is 6.73. The largest absolute Gasteiger partial charge is 0.455 e. The second kappa shape index (κ2) is 10.8. The fourth-order valence-electron chi connectivity index (χ4n) is 6.87. The fourth-order valence-corrected chi connectivity index (χ4v) is 6.87. The quantitative estimate of drug-likeness (QED) is 0.199. The summed E-state index contributed by atoms with van der Waals surface area (Å²) >= 11 is 0. The zero-order valence-electron chi connectivity index (χ0n) is 25.1. The number of para-hydroxylation sites is 1. The van der Waals surface area contributed by atoms with Crippen LogP contribution in [0.4, 0.5) is 17.1 Å². The molecule has 0 aliphatic carbocycles. The molecule has 0 fully saturated rings. The zero-order chi connectivity index (χ0) is 30.5. The minimum absolute atomic E-state index is 0.886. The van der Waals surface area contributed by atoms with Crippen LogP contribution in [0.25, 0.3) is 65.7 Å². The van der Waals surface area contributed by atoms with Gasteiger partial charge in [0.2, 0.25) is 0 Å². The Morgan fingerprint density at radius 2 is 1.07 bits per heavy atom. The normalized spacial score (nSPS) is 11.5. The first-order chi connectivity index (χ1) is 22.8. The highest BCUT2D eigenvalue weighted by atomic mass is 16.3. The Hall–Kier alpha value is -6.12. The van der Waals surface area contributed by atoms with Crippen molar-refractivity contribution in [2.75, 3.05) is 4.90 Å². The minimum atomic E-state index is 0.886. The summed E-state index contributed by atoms with van der Waals surface area (Å²) in [5.74, 6) is 0. The number of hydrogen-bond acceptors (Lipinski definition) is 2. The topological polar surface area (TPSA) is 16.4 Å². The number of furan rings is 1. The van der Waals surface area contributed by atoms with Crippen molar-refractivity contribution in [2.24, 2.45) is 0 Å². The van der Waals surface area contributed by atoms with Gasteiger partial charge in [-0.25, -0.2) is 0 Å². The maximum atomic E-state index is 6.73. The first-order valence-electron chi connectivity index (χ1n) is 15.7. The lowest BCUT2D eigenvalue weighted by Gasteiger charge is -2.27. The Kier molecular flexibility index (Phi) is 6.17. The van der Waals surface area contributed by atoms with Crippen molar-refractivity contribution in [3.05, 3.63) is 176 Å². The number of anilines is 3. The SMILES string of the molecule is c1ccc(-c2cccc(-c3cccc4oc5c6ccccc6c(N(c6ccccc6)c6ccc7ccccc7c6)cc5c34)c2)cc1. The van der Waals surface area contributed by atoms with Gasteiger partial charge in [0.05, 0.1) is 5.69 Å². The van der Waals surface area contributed by atoms with Gasteiger partial charge in [0.1, 0.15) is 11.2 Å². The van der Waals surface area contributed by atoms with Crippen LogP contribution in [0.3, 0.4) is 0 Å². The lowest BCUT2D eigenvalue weighted by atomic mass is 9.95. The molecule has 9 aromatic rings. The molecule has 0 radical (unpaired) electrons. The molecule has 0 saturated heterocycles. The molecule has 0 saturated carbocycles. The van der Waals surface area contributed by atoms with E-state index >= 15 is 0 Å². The van der Waals surface area contributed by atoms with E-state index in [9.17, 15) is 0 Å². The Bertz CT molecular complexity index is 2530. The third-order valence-corrected chi connectivity index (χ3v) is 9.01. The first-order valence-corrected chi connectivity index (χ1v) is 15.7. The molecule has 2 heteroatoms. The van der Waals surface area contributed by atoms with Gasteiger partial charge in [0.15, 0.2) is 0 Å². The van der Waals surface area contributed by atoms with Gasteiger partial charge in [-0.1, -0.05) is 133 Å². The van der Waals surface area contributed by atoms with E-state index in [4.69, 9.17) is 4.42 Å². The highest BCUT2D eigenvalue weighted by molar-refractivity contribution is 6.22. The van der Waals surface area contributed by atoms with E-state index in [0.29, 0.717) is 0 Å². The van der Waals surface area contributed by atoms with Gasteiger partial charge in [-0.05, 0) is 75.5 Å². The van der Waals surface area contributed by atoms with Crippen LogP contribution < -0.4 is 4.90 Å². The van der Waals surface area contributed by atoms with E-state index in [1.165, 1.54) is 27.5 Å². The van der Waals surface area contributed by atoms with Crippen LogP contribution in [0.2, 0.25) is 0 Å². The molecule has 1 aromatic heterocycles. The molecule has 0 spiro atoms. The van der Waals surface area contributed by atoms with E-state index < -0.39 is 0 Å². The van der Waals surface area contributed by atoms with Gasteiger partial charge in [0.25, 0.3) is 0 Å². The van der Waals surface area contributed by atoms with E-state index in [1.54, 1.807) is 0 Å². The van der Waals surface area contributed by atoms with Crippen LogP contribution in [0.5, 0.6) is 0 Å². The van der Waals surface area contributed by atoms with Gasteiger partial charge in [0, 0.05) is 32.9 Å². The van der Waals surface area contributed by atoms with E-state index in [0.717, 1.165) is 55.3 Å². The van der Waals surface area contributed by atoms with Gasteiger partial charge in [-0.3, -0.25) is 0 Å². The highest BCUT2D eigenvalue weighted by Crippen LogP contribution is 2.46. The zero-order valence-corrected chi connectivity index (χ0v) is 25.1. The Morgan fingerprint density at radius 1 is 0.391 bits per heavy atom. The Morgan fingerprint density at radius 3 is 1.91 bits per heavy atom. The molecule has 2 nitrogen and oxygen atoms in total. The van der Waals surface area contributed by atoms with Crippen molar-refractivity contribution in [1.82, 2.24) is 0 Å². The van der Waals surface area contributed by atoms with Gasteiger partial charge >= 0.3 is 0 Å². The first kappa shape index (κ1) is 26.3. The maximum absolute atomic E-state index is 6.73. The lowest BCUT2D eigenvalue weighted by Crippen LogP contribution is -2.10. The summed E-state index contributed by atoms with van der Waals surface area (Å²) in [5, 5.41) is 6.89. The van der Waals surface area contributed by atoms with Crippen LogP contribution in [-0.4, -0.2) is 0 Å². The molecule has 0 atom stereocenters. The summed E-state index contributed by atoms with van der Waals surface area (Å²) in [4.78, 5) is 2.38. The molecule has 1 heterocycles. The van der Waals surface area contributed by atoms with E-state index in [-0.39, 0.29) is 0 Å². The van der Waals surface area contributed by atoms with Gasteiger partial charge in [-0.15, -0.1) is 0 Å². The van der Waals surface area contributed by atoms with Gasteiger partial charge in [-0.2, -0.15) is 0 Å². The Balaban J connectivity index is 1.34. The molecule has 0 unspecified atom stereocenters. The van der Waals surface area contributed by atoms with Crippen LogP contribution >= 0.6 is 0 Å². The van der Waals surface area contributed by atoms with Crippen molar-refractivity contribution in [3.8, 4) is 22.3 Å². The van der Waals surface area contributed by atoms with Crippen molar-refractivity contribution >= 4 is 60.5 Å². The number of hydrogen-bond donors (Lipinski definition) is 0. The number of nitrogens with zero attached hydrogens (tertiary/aromatic N) is 1. The molecule has 0 amide bonds. The van der Waals surface area contributed by atoms with Crippen LogP contribution in [0.15, 0.2) is 180 Å². The molecule has 9 rings (SSSR count). The fraction of sp³-hybridized carbons (Fsp3) is 0. The molecule has 0 aliphatic rings. The average Bonchev–Trinajstić information content (AvgIpc) is 3.52. The van der Waals surface area contributed by atoms with Crippen molar-refractivity contribution in [2.45, 2.75) is 0 Å². The van der Waals surface area contributed by atoms with Crippen LogP contribution in [-0.2, 0) is 0 Å². The van der Waals surface area contributed by atoms with E-state index in [1.807, 2.05) is 0 Å². The van der Waals surface area contributed by atoms with Crippen molar-refractivity contribution in [3.63, 3.8) is 0 Å². The summed E-state index contributed by atoms with van der Waals surface area (Å²) in [6.45, 7) is 0.